The van der Waals surface area contributed by atoms with Gasteiger partial charge in [0.2, 0.25) is 5.95 Å². The number of nitrogens with zero attached hydrogens (tertiary/aromatic N) is 2. The van der Waals surface area contributed by atoms with Crippen molar-refractivity contribution in [2.24, 2.45) is 5.41 Å². The first-order chi connectivity index (χ1) is 11.3. The summed E-state index contributed by atoms with van der Waals surface area (Å²) in [6.07, 6.45) is 1.18. The molecule has 2 amide bonds. The number of fused-ring (bicyclic) bond motifs is 1. The number of nitrogens with one attached hydrogen (secondary N) is 2. The Bertz CT molecular complexity index is 800. The van der Waals surface area contributed by atoms with Crippen LogP contribution >= 0.6 is 0 Å². The van der Waals surface area contributed by atoms with Crippen LogP contribution in [0.15, 0.2) is 30.3 Å². The van der Waals surface area contributed by atoms with Gasteiger partial charge in [0.1, 0.15) is 0 Å². The van der Waals surface area contributed by atoms with Gasteiger partial charge in [0.15, 0.2) is 5.78 Å². The van der Waals surface area contributed by atoms with Gasteiger partial charge in [0.25, 0.3) is 0 Å². The van der Waals surface area contributed by atoms with E-state index in [9.17, 15) is 9.59 Å². The number of hydrogen-bond donors (Lipinski definition) is 2. The fourth-order valence-electron chi connectivity index (χ4n) is 3.00. The number of rotatable bonds is 2. The van der Waals surface area contributed by atoms with Crippen LogP contribution in [0.4, 0.5) is 16.4 Å². The van der Waals surface area contributed by atoms with E-state index in [2.05, 4.69) is 20.6 Å². The van der Waals surface area contributed by atoms with Gasteiger partial charge in [-0.1, -0.05) is 32.0 Å². The van der Waals surface area contributed by atoms with Gasteiger partial charge in [-0.05, 0) is 30.9 Å². The normalized spacial score (nSPS) is 15.5. The van der Waals surface area contributed by atoms with Crippen LogP contribution < -0.4 is 10.6 Å². The standard InChI is InChI=1S/C18H20N4O2/c1-11-15-13(9-18(2,3)10-14(15)23)21-16(19-11)22-17(24)20-12-7-5-4-6-8-12/h4-8H,9-10H2,1-3H3,(H2,19,20,21,22,24). The average Bonchev–Trinajstić information content (AvgIpc) is 2.45. The van der Waals surface area contributed by atoms with Crippen LogP contribution in [0.3, 0.4) is 0 Å². The second-order valence-corrected chi connectivity index (χ2v) is 6.84. The van der Waals surface area contributed by atoms with Crippen LogP contribution in [0.1, 0.15) is 42.0 Å². The molecular formula is C18H20N4O2. The average molecular weight is 324 g/mol. The summed E-state index contributed by atoms with van der Waals surface area (Å²) < 4.78 is 0. The van der Waals surface area contributed by atoms with Crippen LogP contribution in [-0.2, 0) is 6.42 Å². The molecule has 0 fully saturated rings. The number of amides is 2. The molecule has 0 aliphatic heterocycles. The van der Waals surface area contributed by atoms with E-state index in [1.54, 1.807) is 19.1 Å². The van der Waals surface area contributed by atoms with Gasteiger partial charge in [-0.15, -0.1) is 0 Å². The first kappa shape index (κ1) is 16.1. The second-order valence-electron chi connectivity index (χ2n) is 6.84. The summed E-state index contributed by atoms with van der Waals surface area (Å²) in [5, 5.41) is 5.36. The maximum absolute atomic E-state index is 12.3. The van der Waals surface area contributed by atoms with Crippen molar-refractivity contribution in [1.29, 1.82) is 0 Å². The number of carbonyl (C=O) groups excluding carboxylic acids is 2. The number of urea groups is 1. The molecule has 0 saturated heterocycles. The number of benzene rings is 1. The summed E-state index contributed by atoms with van der Waals surface area (Å²) in [5.74, 6) is 0.282. The molecule has 2 aromatic rings. The minimum absolute atomic E-state index is 0.0686. The van der Waals surface area contributed by atoms with Crippen LogP contribution in [-0.4, -0.2) is 21.8 Å². The van der Waals surface area contributed by atoms with Crippen molar-refractivity contribution in [2.75, 3.05) is 10.6 Å². The van der Waals surface area contributed by atoms with E-state index in [-0.39, 0.29) is 17.1 Å². The van der Waals surface area contributed by atoms with Crippen molar-refractivity contribution < 1.29 is 9.59 Å². The number of anilines is 2. The molecule has 1 aliphatic carbocycles. The summed E-state index contributed by atoms with van der Waals surface area (Å²) >= 11 is 0. The van der Waals surface area contributed by atoms with Crippen molar-refractivity contribution in [2.45, 2.75) is 33.6 Å². The fraction of sp³-hybridized carbons (Fsp3) is 0.333. The van der Waals surface area contributed by atoms with Crippen molar-refractivity contribution in [3.8, 4) is 0 Å². The molecule has 6 heteroatoms. The highest BCUT2D eigenvalue weighted by Gasteiger charge is 2.33. The molecule has 1 aromatic carbocycles. The lowest BCUT2D eigenvalue weighted by Gasteiger charge is -2.30. The number of carbonyl (C=O) groups is 2. The van der Waals surface area contributed by atoms with Gasteiger partial charge in [-0.3, -0.25) is 10.1 Å². The minimum atomic E-state index is -0.415. The third kappa shape index (κ3) is 3.42. The predicted molar refractivity (Wildman–Crippen MR) is 92.3 cm³/mol. The van der Waals surface area contributed by atoms with E-state index in [0.29, 0.717) is 35.5 Å². The topological polar surface area (TPSA) is 84.0 Å². The molecule has 2 N–H and O–H groups in total. The lowest BCUT2D eigenvalue weighted by atomic mass is 9.75. The molecule has 0 bridgehead atoms. The van der Waals surface area contributed by atoms with Crippen molar-refractivity contribution in [3.05, 3.63) is 47.3 Å². The molecule has 0 radical (unpaired) electrons. The molecule has 24 heavy (non-hydrogen) atoms. The maximum atomic E-state index is 12.3. The number of para-hydroxylation sites is 1. The SMILES string of the molecule is Cc1nc(NC(=O)Nc2ccccc2)nc2c1C(=O)CC(C)(C)C2. The molecule has 0 atom stereocenters. The number of Topliss-reactive ketones (excluding diaryl/α,β-unsaturated/α-hetero) is 1. The van der Waals surface area contributed by atoms with Crippen molar-refractivity contribution in [3.63, 3.8) is 0 Å². The van der Waals surface area contributed by atoms with Gasteiger partial charge in [0, 0.05) is 12.1 Å². The third-order valence-corrected chi connectivity index (χ3v) is 3.99. The Morgan fingerprint density at radius 1 is 1.08 bits per heavy atom. The van der Waals surface area contributed by atoms with Crippen LogP contribution in [0.25, 0.3) is 0 Å². The molecule has 1 aromatic heterocycles. The van der Waals surface area contributed by atoms with Gasteiger partial charge in [-0.2, -0.15) is 0 Å². The van der Waals surface area contributed by atoms with Crippen LogP contribution in [0.2, 0.25) is 0 Å². The molecule has 1 heterocycles. The van der Waals surface area contributed by atoms with Gasteiger partial charge >= 0.3 is 6.03 Å². The van der Waals surface area contributed by atoms with Crippen LogP contribution in [0.5, 0.6) is 0 Å². The zero-order valence-electron chi connectivity index (χ0n) is 14.0. The summed E-state index contributed by atoms with van der Waals surface area (Å²) in [4.78, 5) is 33.1. The van der Waals surface area contributed by atoms with Gasteiger partial charge in [-0.25, -0.2) is 14.8 Å². The Labute approximate surface area is 140 Å². The Kier molecular flexibility index (Phi) is 4.05. The predicted octanol–water partition coefficient (Wildman–Crippen LogP) is 3.58. The van der Waals surface area contributed by atoms with E-state index in [4.69, 9.17) is 0 Å². The second kappa shape index (κ2) is 6.03. The molecule has 0 saturated carbocycles. The molecule has 124 valence electrons. The smallest absolute Gasteiger partial charge is 0.308 e. The highest BCUT2D eigenvalue weighted by atomic mass is 16.2. The largest absolute Gasteiger partial charge is 0.326 e. The Hall–Kier alpha value is -2.76. The summed E-state index contributed by atoms with van der Waals surface area (Å²) in [5.41, 5.74) is 2.47. The van der Waals surface area contributed by atoms with E-state index in [1.165, 1.54) is 0 Å². The molecule has 1 aliphatic rings. The zero-order chi connectivity index (χ0) is 17.3. The molecule has 0 unspecified atom stereocenters. The van der Waals surface area contributed by atoms with Crippen molar-refractivity contribution in [1.82, 2.24) is 9.97 Å². The number of ketones is 1. The first-order valence-corrected chi connectivity index (χ1v) is 7.88. The van der Waals surface area contributed by atoms with E-state index in [0.717, 1.165) is 0 Å². The quantitative estimate of drug-likeness (QED) is 0.884. The van der Waals surface area contributed by atoms with E-state index < -0.39 is 6.03 Å². The third-order valence-electron chi connectivity index (χ3n) is 3.99. The lowest BCUT2D eigenvalue weighted by molar-refractivity contribution is 0.0909. The molecule has 6 nitrogen and oxygen atoms in total. The number of aromatic nitrogens is 2. The molecule has 3 rings (SSSR count). The fourth-order valence-corrected chi connectivity index (χ4v) is 3.00. The Morgan fingerprint density at radius 2 is 1.79 bits per heavy atom. The number of hydrogen-bond acceptors (Lipinski definition) is 4. The Balaban J connectivity index is 1.81. The molecular weight excluding hydrogens is 304 g/mol. The summed E-state index contributed by atoms with van der Waals surface area (Å²) in [7, 11) is 0. The van der Waals surface area contributed by atoms with Crippen LogP contribution in [0, 0.1) is 12.3 Å². The molecule has 0 spiro atoms. The van der Waals surface area contributed by atoms with Gasteiger partial charge < -0.3 is 5.32 Å². The lowest BCUT2D eigenvalue weighted by Crippen LogP contribution is -2.30. The Morgan fingerprint density at radius 3 is 2.50 bits per heavy atom. The van der Waals surface area contributed by atoms with Crippen molar-refractivity contribution >= 4 is 23.5 Å². The highest BCUT2D eigenvalue weighted by molar-refractivity contribution is 6.01. The minimum Gasteiger partial charge on any atom is -0.308 e. The number of aryl methyl sites for hydroxylation is 1. The highest BCUT2D eigenvalue weighted by Crippen LogP contribution is 2.35. The first-order valence-electron chi connectivity index (χ1n) is 7.88. The zero-order valence-corrected chi connectivity index (χ0v) is 14.0. The summed E-state index contributed by atoms with van der Waals surface area (Å²) in [6, 6.07) is 8.71. The van der Waals surface area contributed by atoms with E-state index in [1.807, 2.05) is 32.0 Å². The van der Waals surface area contributed by atoms with E-state index >= 15 is 0 Å². The van der Waals surface area contributed by atoms with Gasteiger partial charge in [0.05, 0.1) is 17.0 Å². The maximum Gasteiger partial charge on any atom is 0.326 e. The summed E-state index contributed by atoms with van der Waals surface area (Å²) in [6.45, 7) is 5.86. The monoisotopic (exact) mass is 324 g/mol.